The zero-order valence-electron chi connectivity index (χ0n) is 8.02. The molecule has 1 aromatic carbocycles. The minimum Gasteiger partial charge on any atom is -0.491 e. The molecule has 0 unspecified atom stereocenters. The number of hydrogen-bond donors (Lipinski definition) is 1. The summed E-state index contributed by atoms with van der Waals surface area (Å²) in [6.45, 7) is 0. The van der Waals surface area contributed by atoms with E-state index in [1.165, 1.54) is 19.0 Å². The van der Waals surface area contributed by atoms with Crippen LogP contribution in [0.1, 0.15) is 0 Å². The van der Waals surface area contributed by atoms with Gasteiger partial charge in [0, 0.05) is 5.39 Å². The maximum absolute atomic E-state index is 9.73. The Bertz CT molecular complexity index is 421. The minimum absolute atomic E-state index is 0.0174. The van der Waals surface area contributed by atoms with Crippen LogP contribution in [0, 0.1) is 0 Å². The molecule has 0 saturated heterocycles. The minimum atomic E-state index is -0.0174. The van der Waals surface area contributed by atoms with Crippen molar-refractivity contribution in [1.29, 1.82) is 0 Å². The summed E-state index contributed by atoms with van der Waals surface area (Å²) in [5.74, 6) is 0.415. The van der Waals surface area contributed by atoms with E-state index >= 15 is 0 Å². The fourth-order valence-electron chi connectivity index (χ4n) is 1.56. The smallest absolute Gasteiger partial charge is 0.269 e. The molecular formula is C10H11NO3. The third-order valence-corrected chi connectivity index (χ3v) is 2.15. The molecule has 1 N–H and O–H groups in total. The summed E-state index contributed by atoms with van der Waals surface area (Å²) >= 11 is 0. The lowest BCUT2D eigenvalue weighted by molar-refractivity contribution is 0.149. The average Bonchev–Trinajstić information content (AvgIpc) is 2.49. The van der Waals surface area contributed by atoms with Crippen molar-refractivity contribution < 1.29 is 14.7 Å². The van der Waals surface area contributed by atoms with Crippen molar-refractivity contribution in [2.75, 3.05) is 14.2 Å². The van der Waals surface area contributed by atoms with Gasteiger partial charge in [0.05, 0.1) is 12.6 Å². The zero-order valence-corrected chi connectivity index (χ0v) is 8.02. The van der Waals surface area contributed by atoms with Gasteiger partial charge in [-0.1, -0.05) is 12.1 Å². The summed E-state index contributed by atoms with van der Waals surface area (Å²) in [6.07, 6.45) is 0. The summed E-state index contributed by atoms with van der Waals surface area (Å²) in [4.78, 5) is 5.03. The van der Waals surface area contributed by atoms with Crippen molar-refractivity contribution >= 4 is 10.9 Å². The van der Waals surface area contributed by atoms with Gasteiger partial charge >= 0.3 is 0 Å². The topological polar surface area (TPSA) is 43.6 Å². The van der Waals surface area contributed by atoms with Crippen LogP contribution in [0.3, 0.4) is 0 Å². The van der Waals surface area contributed by atoms with Crippen molar-refractivity contribution in [1.82, 2.24) is 4.73 Å². The van der Waals surface area contributed by atoms with Crippen LogP contribution < -0.4 is 9.57 Å². The molecule has 0 bridgehead atoms. The van der Waals surface area contributed by atoms with Gasteiger partial charge < -0.3 is 14.7 Å². The highest BCUT2D eigenvalue weighted by atomic mass is 16.7. The second-order valence-corrected chi connectivity index (χ2v) is 2.85. The van der Waals surface area contributed by atoms with Gasteiger partial charge in [0.25, 0.3) is 5.88 Å². The molecule has 0 atom stereocenters. The Kier molecular flexibility index (Phi) is 1.96. The number of aromatic nitrogens is 1. The SMILES string of the molecule is COc1c(O)n(OC)c2ccccc12. The van der Waals surface area contributed by atoms with E-state index < -0.39 is 0 Å². The van der Waals surface area contributed by atoms with Gasteiger partial charge in [-0.05, 0) is 12.1 Å². The fraction of sp³-hybridized carbons (Fsp3) is 0.200. The average molecular weight is 193 g/mol. The molecule has 4 heteroatoms. The van der Waals surface area contributed by atoms with Gasteiger partial charge in [-0.25, -0.2) is 0 Å². The van der Waals surface area contributed by atoms with E-state index in [2.05, 4.69) is 0 Å². The number of hydrogen-bond acceptors (Lipinski definition) is 3. The van der Waals surface area contributed by atoms with E-state index in [4.69, 9.17) is 9.57 Å². The number of benzene rings is 1. The van der Waals surface area contributed by atoms with Crippen molar-refractivity contribution in [3.05, 3.63) is 24.3 Å². The standard InChI is InChI=1S/C10H11NO3/c1-13-9-7-5-3-4-6-8(7)11(14-2)10(9)12/h3-6,12H,1-2H3. The summed E-state index contributed by atoms with van der Waals surface area (Å²) in [5, 5.41) is 10.6. The van der Waals surface area contributed by atoms with E-state index in [-0.39, 0.29) is 5.88 Å². The number of ether oxygens (including phenoxy) is 1. The summed E-state index contributed by atoms with van der Waals surface area (Å²) in [5.41, 5.74) is 0.782. The second kappa shape index (κ2) is 3.14. The number of rotatable bonds is 2. The molecule has 14 heavy (non-hydrogen) atoms. The van der Waals surface area contributed by atoms with Crippen LogP contribution in [0.25, 0.3) is 10.9 Å². The summed E-state index contributed by atoms with van der Waals surface area (Å²) in [7, 11) is 3.01. The molecule has 2 aromatic rings. The molecule has 4 nitrogen and oxygen atoms in total. The van der Waals surface area contributed by atoms with Crippen LogP contribution in [-0.4, -0.2) is 24.1 Å². The highest BCUT2D eigenvalue weighted by molar-refractivity contribution is 5.89. The van der Waals surface area contributed by atoms with Crippen molar-refractivity contribution in [2.45, 2.75) is 0 Å². The highest BCUT2D eigenvalue weighted by Gasteiger charge is 2.16. The van der Waals surface area contributed by atoms with Crippen LogP contribution in [0.15, 0.2) is 24.3 Å². The van der Waals surface area contributed by atoms with Gasteiger partial charge in [0.1, 0.15) is 7.11 Å². The Morgan fingerprint density at radius 2 is 1.93 bits per heavy atom. The molecule has 0 spiro atoms. The molecule has 74 valence electrons. The van der Waals surface area contributed by atoms with E-state index in [9.17, 15) is 5.11 Å². The second-order valence-electron chi connectivity index (χ2n) is 2.85. The molecule has 1 aromatic heterocycles. The first-order chi connectivity index (χ1) is 6.79. The van der Waals surface area contributed by atoms with Gasteiger partial charge in [0.15, 0.2) is 5.75 Å². The van der Waals surface area contributed by atoms with Crippen molar-refractivity contribution in [3.63, 3.8) is 0 Å². The lowest BCUT2D eigenvalue weighted by atomic mass is 10.2. The normalized spacial score (nSPS) is 10.4. The number of nitrogens with zero attached hydrogens (tertiary/aromatic N) is 1. The Balaban J connectivity index is 2.85. The Hall–Kier alpha value is -1.84. The summed E-state index contributed by atoms with van der Waals surface area (Å²) < 4.78 is 6.42. The summed E-state index contributed by atoms with van der Waals surface area (Å²) in [6, 6.07) is 7.46. The number of methoxy groups -OCH3 is 1. The Labute approximate surface area is 81.2 Å². The van der Waals surface area contributed by atoms with Gasteiger partial charge in [-0.2, -0.15) is 0 Å². The fourth-order valence-corrected chi connectivity index (χ4v) is 1.56. The van der Waals surface area contributed by atoms with Gasteiger partial charge in [-0.15, -0.1) is 4.73 Å². The van der Waals surface area contributed by atoms with Gasteiger partial charge in [-0.3, -0.25) is 0 Å². The first kappa shape index (κ1) is 8.74. The van der Waals surface area contributed by atoms with Crippen molar-refractivity contribution in [2.24, 2.45) is 0 Å². The maximum Gasteiger partial charge on any atom is 0.269 e. The van der Waals surface area contributed by atoms with Crippen molar-refractivity contribution in [3.8, 4) is 11.6 Å². The zero-order chi connectivity index (χ0) is 10.1. The molecule has 0 radical (unpaired) electrons. The number of para-hydroxylation sites is 1. The lowest BCUT2D eigenvalue weighted by Crippen LogP contribution is -2.03. The number of aromatic hydroxyl groups is 1. The van der Waals surface area contributed by atoms with Crippen LogP contribution in [0.2, 0.25) is 0 Å². The molecular weight excluding hydrogens is 182 g/mol. The van der Waals surface area contributed by atoms with E-state index in [1.807, 2.05) is 24.3 Å². The molecule has 0 aliphatic rings. The molecule has 0 saturated carbocycles. The van der Waals surface area contributed by atoms with E-state index in [0.29, 0.717) is 5.75 Å². The molecule has 0 fully saturated rings. The molecule has 0 aliphatic carbocycles. The Morgan fingerprint density at radius 3 is 2.57 bits per heavy atom. The first-order valence-corrected chi connectivity index (χ1v) is 4.20. The number of fused-ring (bicyclic) bond motifs is 1. The molecule has 0 aliphatic heterocycles. The maximum atomic E-state index is 9.73. The predicted octanol–water partition coefficient (Wildman–Crippen LogP) is 1.41. The monoisotopic (exact) mass is 193 g/mol. The van der Waals surface area contributed by atoms with Crippen LogP contribution in [0.5, 0.6) is 11.6 Å². The Morgan fingerprint density at radius 1 is 1.21 bits per heavy atom. The van der Waals surface area contributed by atoms with Crippen LogP contribution in [0.4, 0.5) is 0 Å². The lowest BCUT2D eigenvalue weighted by Gasteiger charge is -2.02. The molecule has 0 amide bonds. The van der Waals surface area contributed by atoms with E-state index in [0.717, 1.165) is 10.9 Å². The largest absolute Gasteiger partial charge is 0.491 e. The quantitative estimate of drug-likeness (QED) is 0.784. The van der Waals surface area contributed by atoms with Crippen LogP contribution >= 0.6 is 0 Å². The third kappa shape index (κ3) is 1.00. The highest BCUT2D eigenvalue weighted by Crippen LogP contribution is 2.36. The van der Waals surface area contributed by atoms with Gasteiger partial charge in [0.2, 0.25) is 0 Å². The van der Waals surface area contributed by atoms with Crippen LogP contribution in [-0.2, 0) is 0 Å². The molecule has 2 rings (SSSR count). The molecule has 1 heterocycles. The third-order valence-electron chi connectivity index (χ3n) is 2.15. The van der Waals surface area contributed by atoms with E-state index in [1.54, 1.807) is 0 Å². The predicted molar refractivity (Wildman–Crippen MR) is 52.7 cm³/mol. The first-order valence-electron chi connectivity index (χ1n) is 4.20.